The van der Waals surface area contributed by atoms with Crippen molar-refractivity contribution in [3.05, 3.63) is 60.5 Å². The molecule has 28 heavy (non-hydrogen) atoms. The zero-order valence-electron chi connectivity index (χ0n) is 17.0. The van der Waals surface area contributed by atoms with Crippen LogP contribution in [0.25, 0.3) is 16.6 Å². The SMILES string of the molecule is CCCN(C)CCCCCCOc1ccc2c(ccn2-c2ccc(F)cc2)c1. The second-order valence-corrected chi connectivity index (χ2v) is 7.45. The molecule has 0 spiro atoms. The third-order valence-electron chi connectivity index (χ3n) is 5.07. The van der Waals surface area contributed by atoms with Gasteiger partial charge in [-0.1, -0.05) is 19.8 Å². The fourth-order valence-electron chi connectivity index (χ4n) is 3.56. The number of ether oxygens (including phenoxy) is 1. The van der Waals surface area contributed by atoms with Gasteiger partial charge in [-0.2, -0.15) is 0 Å². The van der Waals surface area contributed by atoms with Crippen molar-refractivity contribution in [2.45, 2.75) is 39.0 Å². The number of benzene rings is 2. The van der Waals surface area contributed by atoms with E-state index in [1.807, 2.05) is 12.3 Å². The Morgan fingerprint density at radius 2 is 1.71 bits per heavy atom. The molecule has 1 aromatic heterocycles. The Morgan fingerprint density at radius 1 is 0.929 bits per heavy atom. The quantitative estimate of drug-likeness (QED) is 0.376. The summed E-state index contributed by atoms with van der Waals surface area (Å²) < 4.78 is 21.2. The topological polar surface area (TPSA) is 17.4 Å². The highest BCUT2D eigenvalue weighted by Gasteiger charge is 2.05. The number of hydrogen-bond acceptors (Lipinski definition) is 2. The molecule has 0 saturated heterocycles. The first-order chi connectivity index (χ1) is 13.7. The van der Waals surface area contributed by atoms with Gasteiger partial charge in [0.25, 0.3) is 0 Å². The minimum Gasteiger partial charge on any atom is -0.494 e. The highest BCUT2D eigenvalue weighted by atomic mass is 19.1. The van der Waals surface area contributed by atoms with Crippen molar-refractivity contribution in [1.82, 2.24) is 9.47 Å². The van der Waals surface area contributed by atoms with Crippen molar-refractivity contribution in [2.75, 3.05) is 26.7 Å². The van der Waals surface area contributed by atoms with Crippen molar-refractivity contribution in [3.63, 3.8) is 0 Å². The van der Waals surface area contributed by atoms with Gasteiger partial charge in [0.15, 0.2) is 0 Å². The third-order valence-corrected chi connectivity index (χ3v) is 5.07. The Morgan fingerprint density at radius 3 is 2.50 bits per heavy atom. The molecule has 0 atom stereocenters. The molecule has 150 valence electrons. The Labute approximate surface area is 167 Å². The summed E-state index contributed by atoms with van der Waals surface area (Å²) in [5.74, 6) is 0.691. The van der Waals surface area contributed by atoms with E-state index in [-0.39, 0.29) is 5.82 Å². The van der Waals surface area contributed by atoms with Crippen molar-refractivity contribution < 1.29 is 9.13 Å². The molecule has 2 aromatic carbocycles. The Kier molecular flexibility index (Phi) is 7.49. The lowest BCUT2D eigenvalue weighted by Gasteiger charge is -2.14. The predicted octanol–water partition coefficient (Wildman–Crippen LogP) is 6.05. The minimum absolute atomic E-state index is 0.219. The van der Waals surface area contributed by atoms with E-state index in [1.165, 1.54) is 50.9 Å². The van der Waals surface area contributed by atoms with Gasteiger partial charge in [-0.05, 0) is 87.9 Å². The fraction of sp³-hybridized carbons (Fsp3) is 0.417. The number of rotatable bonds is 11. The van der Waals surface area contributed by atoms with E-state index < -0.39 is 0 Å². The fourth-order valence-corrected chi connectivity index (χ4v) is 3.56. The molecule has 3 aromatic rings. The summed E-state index contributed by atoms with van der Waals surface area (Å²) in [5, 5.41) is 1.13. The van der Waals surface area contributed by atoms with Gasteiger partial charge >= 0.3 is 0 Å². The maximum atomic E-state index is 13.2. The molecule has 0 unspecified atom stereocenters. The second-order valence-electron chi connectivity index (χ2n) is 7.45. The molecule has 0 aliphatic carbocycles. The van der Waals surface area contributed by atoms with E-state index in [0.29, 0.717) is 0 Å². The molecular weight excluding hydrogens is 351 g/mol. The number of unbranched alkanes of at least 4 members (excludes halogenated alkanes) is 3. The van der Waals surface area contributed by atoms with Crippen LogP contribution in [-0.2, 0) is 0 Å². The molecular formula is C24H31FN2O. The van der Waals surface area contributed by atoms with E-state index in [2.05, 4.69) is 41.6 Å². The molecule has 0 saturated carbocycles. The first kappa shape index (κ1) is 20.4. The molecule has 3 rings (SSSR count). The van der Waals surface area contributed by atoms with E-state index in [4.69, 9.17) is 4.74 Å². The molecule has 0 fully saturated rings. The average molecular weight is 383 g/mol. The summed E-state index contributed by atoms with van der Waals surface area (Å²) in [6, 6.07) is 14.8. The molecule has 0 N–H and O–H groups in total. The van der Waals surface area contributed by atoms with Crippen LogP contribution in [0.3, 0.4) is 0 Å². The van der Waals surface area contributed by atoms with Gasteiger partial charge < -0.3 is 14.2 Å². The largest absolute Gasteiger partial charge is 0.494 e. The van der Waals surface area contributed by atoms with Crippen LogP contribution in [0.2, 0.25) is 0 Å². The van der Waals surface area contributed by atoms with Gasteiger partial charge in [0.05, 0.1) is 12.1 Å². The number of fused-ring (bicyclic) bond motifs is 1. The van der Waals surface area contributed by atoms with Crippen LogP contribution < -0.4 is 4.74 Å². The van der Waals surface area contributed by atoms with Crippen LogP contribution in [-0.4, -0.2) is 36.2 Å². The molecule has 4 heteroatoms. The first-order valence-corrected chi connectivity index (χ1v) is 10.4. The van der Waals surface area contributed by atoms with Gasteiger partial charge in [0.1, 0.15) is 11.6 Å². The van der Waals surface area contributed by atoms with Crippen LogP contribution >= 0.6 is 0 Å². The smallest absolute Gasteiger partial charge is 0.123 e. The van der Waals surface area contributed by atoms with Crippen LogP contribution in [0.15, 0.2) is 54.7 Å². The van der Waals surface area contributed by atoms with Crippen molar-refractivity contribution in [3.8, 4) is 11.4 Å². The van der Waals surface area contributed by atoms with Crippen LogP contribution in [0.1, 0.15) is 39.0 Å². The lowest BCUT2D eigenvalue weighted by atomic mass is 10.2. The summed E-state index contributed by atoms with van der Waals surface area (Å²) in [6.45, 7) is 5.36. The highest BCUT2D eigenvalue weighted by molar-refractivity contribution is 5.83. The summed E-state index contributed by atoms with van der Waals surface area (Å²) >= 11 is 0. The average Bonchev–Trinajstić information content (AvgIpc) is 3.11. The molecule has 0 bridgehead atoms. The standard InChI is InChI=1S/C24H31FN2O/c1-3-15-26(2)16-6-4-5-7-18-28-23-12-13-24-20(19-23)14-17-27(24)22-10-8-21(25)9-11-22/h8-14,17,19H,3-7,15-16,18H2,1-2H3. The van der Waals surface area contributed by atoms with E-state index in [9.17, 15) is 4.39 Å². The highest BCUT2D eigenvalue weighted by Crippen LogP contribution is 2.25. The van der Waals surface area contributed by atoms with E-state index in [0.717, 1.165) is 35.4 Å². The summed E-state index contributed by atoms with van der Waals surface area (Å²) in [6.07, 6.45) is 8.06. The molecule has 0 radical (unpaired) electrons. The monoisotopic (exact) mass is 382 g/mol. The summed E-state index contributed by atoms with van der Waals surface area (Å²) in [4.78, 5) is 2.41. The second kappa shape index (κ2) is 10.3. The van der Waals surface area contributed by atoms with Crippen LogP contribution in [0, 0.1) is 5.82 Å². The molecule has 1 heterocycles. The van der Waals surface area contributed by atoms with Crippen molar-refractivity contribution in [1.29, 1.82) is 0 Å². The van der Waals surface area contributed by atoms with Crippen LogP contribution in [0.4, 0.5) is 4.39 Å². The zero-order chi connectivity index (χ0) is 19.8. The summed E-state index contributed by atoms with van der Waals surface area (Å²) in [7, 11) is 2.20. The first-order valence-electron chi connectivity index (χ1n) is 10.4. The van der Waals surface area contributed by atoms with Crippen molar-refractivity contribution in [2.24, 2.45) is 0 Å². The Hall–Kier alpha value is -2.33. The van der Waals surface area contributed by atoms with Gasteiger partial charge in [-0.15, -0.1) is 0 Å². The Bertz CT molecular complexity index is 857. The van der Waals surface area contributed by atoms with Crippen molar-refractivity contribution >= 4 is 10.9 Å². The normalized spacial score (nSPS) is 11.4. The Balaban J connectivity index is 1.46. The molecule has 0 aliphatic heterocycles. The lowest BCUT2D eigenvalue weighted by Crippen LogP contribution is -2.20. The molecule has 0 aliphatic rings. The van der Waals surface area contributed by atoms with Gasteiger partial charge in [0.2, 0.25) is 0 Å². The summed E-state index contributed by atoms with van der Waals surface area (Å²) in [5.41, 5.74) is 2.05. The molecule has 3 nitrogen and oxygen atoms in total. The maximum absolute atomic E-state index is 13.2. The van der Waals surface area contributed by atoms with E-state index >= 15 is 0 Å². The number of aromatic nitrogens is 1. The van der Waals surface area contributed by atoms with Gasteiger partial charge in [-0.3, -0.25) is 0 Å². The van der Waals surface area contributed by atoms with Crippen LogP contribution in [0.5, 0.6) is 5.75 Å². The predicted molar refractivity (Wildman–Crippen MR) is 115 cm³/mol. The number of halogens is 1. The van der Waals surface area contributed by atoms with Gasteiger partial charge in [-0.25, -0.2) is 4.39 Å². The number of nitrogens with zero attached hydrogens (tertiary/aromatic N) is 2. The van der Waals surface area contributed by atoms with E-state index in [1.54, 1.807) is 12.1 Å². The lowest BCUT2D eigenvalue weighted by molar-refractivity contribution is 0.296. The third kappa shape index (κ3) is 5.59. The molecule has 0 amide bonds. The minimum atomic E-state index is -0.219. The van der Waals surface area contributed by atoms with Gasteiger partial charge in [0, 0.05) is 17.3 Å². The number of hydrogen-bond donors (Lipinski definition) is 0. The maximum Gasteiger partial charge on any atom is 0.123 e. The zero-order valence-corrected chi connectivity index (χ0v) is 17.0.